The Hall–Kier alpha value is -1.10. The Morgan fingerprint density at radius 1 is 0.621 bits per heavy atom. The first-order valence-corrected chi connectivity index (χ1v) is 12.5. The van der Waals surface area contributed by atoms with Crippen molar-refractivity contribution in [3.05, 3.63) is 0 Å². The molecule has 4 fully saturated rings. The van der Waals surface area contributed by atoms with E-state index in [2.05, 4.69) is 15.1 Å². The lowest BCUT2D eigenvalue weighted by atomic mass is 9.87. The van der Waals surface area contributed by atoms with Crippen LogP contribution in [-0.2, 0) is 9.59 Å². The van der Waals surface area contributed by atoms with Crippen molar-refractivity contribution in [1.82, 2.24) is 15.1 Å². The summed E-state index contributed by atoms with van der Waals surface area (Å²) in [5, 5.41) is 3.33. The van der Waals surface area contributed by atoms with Gasteiger partial charge in [-0.15, -0.1) is 0 Å². The van der Waals surface area contributed by atoms with Crippen LogP contribution in [0.5, 0.6) is 0 Å². The molecule has 2 heterocycles. The van der Waals surface area contributed by atoms with Crippen LogP contribution in [0.1, 0.15) is 89.9 Å². The van der Waals surface area contributed by atoms with Crippen molar-refractivity contribution >= 4 is 11.8 Å². The number of nitrogens with one attached hydrogen (secondary N) is 1. The summed E-state index contributed by atoms with van der Waals surface area (Å²) in [6.45, 7) is 3.96. The van der Waals surface area contributed by atoms with Gasteiger partial charge < -0.3 is 15.1 Å². The molecule has 1 N–H and O–H groups in total. The van der Waals surface area contributed by atoms with Gasteiger partial charge in [0.05, 0.1) is 0 Å². The molecule has 0 radical (unpaired) electrons. The van der Waals surface area contributed by atoms with Gasteiger partial charge in [0.2, 0.25) is 11.8 Å². The number of likely N-dealkylation sites (tertiary alicyclic amines) is 2. The molecule has 0 bridgehead atoms. The van der Waals surface area contributed by atoms with Crippen LogP contribution < -0.4 is 5.32 Å². The van der Waals surface area contributed by atoms with E-state index >= 15 is 0 Å². The number of piperidine rings is 2. The Labute approximate surface area is 177 Å². The Morgan fingerprint density at radius 3 is 1.83 bits per heavy atom. The lowest BCUT2D eigenvalue weighted by Gasteiger charge is -2.42. The van der Waals surface area contributed by atoms with Gasteiger partial charge in [-0.05, 0) is 64.5 Å². The van der Waals surface area contributed by atoms with Gasteiger partial charge in [-0.3, -0.25) is 9.59 Å². The number of carbonyl (C=O) groups is 2. The number of amides is 2. The molecule has 5 heteroatoms. The van der Waals surface area contributed by atoms with E-state index in [4.69, 9.17) is 0 Å². The molecule has 5 nitrogen and oxygen atoms in total. The van der Waals surface area contributed by atoms with E-state index < -0.39 is 0 Å². The second-order valence-corrected chi connectivity index (χ2v) is 10.0. The second kappa shape index (κ2) is 10.3. The molecule has 0 atom stereocenters. The highest BCUT2D eigenvalue weighted by Gasteiger charge is 2.34. The van der Waals surface area contributed by atoms with Crippen LogP contribution in [0.4, 0.5) is 0 Å². The molecular formula is C24H41N3O2. The molecule has 0 spiro atoms. The Bertz CT molecular complexity index is 538. The lowest BCUT2D eigenvalue weighted by Crippen LogP contribution is -2.51. The van der Waals surface area contributed by atoms with E-state index in [1.54, 1.807) is 0 Å². The third-order valence-electron chi connectivity index (χ3n) is 8.10. The molecule has 2 aliphatic heterocycles. The summed E-state index contributed by atoms with van der Waals surface area (Å²) in [4.78, 5) is 30.2. The Kier molecular flexibility index (Phi) is 7.49. The quantitative estimate of drug-likeness (QED) is 0.778. The van der Waals surface area contributed by atoms with Crippen LogP contribution in [0.2, 0.25) is 0 Å². The molecule has 4 aliphatic rings. The summed E-state index contributed by atoms with van der Waals surface area (Å²) in [6.07, 6.45) is 16.4. The molecule has 0 aromatic rings. The highest BCUT2D eigenvalue weighted by atomic mass is 16.2. The van der Waals surface area contributed by atoms with E-state index in [-0.39, 0.29) is 5.92 Å². The van der Waals surface area contributed by atoms with Crippen LogP contribution in [-0.4, -0.2) is 59.9 Å². The lowest BCUT2D eigenvalue weighted by molar-refractivity contribution is -0.138. The molecule has 2 saturated carbocycles. The molecule has 4 rings (SSSR count). The number of rotatable bonds is 4. The van der Waals surface area contributed by atoms with Crippen LogP contribution in [0.3, 0.4) is 0 Å². The molecule has 29 heavy (non-hydrogen) atoms. The van der Waals surface area contributed by atoms with Crippen molar-refractivity contribution in [2.24, 2.45) is 11.8 Å². The Morgan fingerprint density at radius 2 is 1.21 bits per heavy atom. The van der Waals surface area contributed by atoms with Crippen molar-refractivity contribution in [2.75, 3.05) is 26.2 Å². The minimum Gasteiger partial charge on any atom is -0.353 e. The normalized spacial score (nSPS) is 27.1. The predicted molar refractivity (Wildman–Crippen MR) is 115 cm³/mol. The maximum Gasteiger partial charge on any atom is 0.225 e. The zero-order valence-electron chi connectivity index (χ0n) is 18.2. The van der Waals surface area contributed by atoms with Gasteiger partial charge in [-0.25, -0.2) is 0 Å². The van der Waals surface area contributed by atoms with E-state index in [1.807, 2.05) is 0 Å². The fourth-order valence-corrected chi connectivity index (χ4v) is 6.15. The van der Waals surface area contributed by atoms with E-state index in [1.165, 1.54) is 51.4 Å². The fourth-order valence-electron chi connectivity index (χ4n) is 6.15. The number of nitrogens with zero attached hydrogens (tertiary/aromatic N) is 2. The largest absolute Gasteiger partial charge is 0.353 e. The molecule has 0 aromatic heterocycles. The first kappa shape index (κ1) is 21.1. The van der Waals surface area contributed by atoms with Crippen molar-refractivity contribution in [2.45, 2.75) is 102 Å². The number of hydrogen-bond acceptors (Lipinski definition) is 3. The van der Waals surface area contributed by atoms with Gasteiger partial charge in [-0.2, -0.15) is 0 Å². The average molecular weight is 404 g/mol. The minimum atomic E-state index is 0.209. The monoisotopic (exact) mass is 403 g/mol. The van der Waals surface area contributed by atoms with Crippen LogP contribution in [0, 0.1) is 11.8 Å². The van der Waals surface area contributed by atoms with Gasteiger partial charge in [0.25, 0.3) is 0 Å². The molecule has 164 valence electrons. The van der Waals surface area contributed by atoms with Crippen LogP contribution in [0.15, 0.2) is 0 Å². The topological polar surface area (TPSA) is 52.7 Å². The number of carbonyl (C=O) groups excluding carboxylic acids is 2. The van der Waals surface area contributed by atoms with Crippen LogP contribution >= 0.6 is 0 Å². The molecular weight excluding hydrogens is 362 g/mol. The van der Waals surface area contributed by atoms with Gasteiger partial charge >= 0.3 is 0 Å². The maximum absolute atomic E-state index is 12.8. The summed E-state index contributed by atoms with van der Waals surface area (Å²) < 4.78 is 0. The van der Waals surface area contributed by atoms with Crippen molar-refractivity contribution in [3.8, 4) is 0 Å². The zero-order valence-corrected chi connectivity index (χ0v) is 18.2. The van der Waals surface area contributed by atoms with Crippen molar-refractivity contribution in [1.29, 1.82) is 0 Å². The maximum atomic E-state index is 12.8. The van der Waals surface area contributed by atoms with Crippen molar-refractivity contribution in [3.63, 3.8) is 0 Å². The third-order valence-corrected chi connectivity index (χ3v) is 8.10. The smallest absolute Gasteiger partial charge is 0.225 e. The summed E-state index contributed by atoms with van der Waals surface area (Å²) in [5.41, 5.74) is 0. The summed E-state index contributed by atoms with van der Waals surface area (Å²) >= 11 is 0. The van der Waals surface area contributed by atoms with Gasteiger partial charge in [0, 0.05) is 37.0 Å². The molecule has 2 aliphatic carbocycles. The zero-order chi connectivity index (χ0) is 20.1. The highest BCUT2D eigenvalue weighted by molar-refractivity contribution is 5.79. The number of hydrogen-bond donors (Lipinski definition) is 1. The predicted octanol–water partition coefficient (Wildman–Crippen LogP) is 3.72. The van der Waals surface area contributed by atoms with Gasteiger partial charge in [0.1, 0.15) is 0 Å². The third kappa shape index (κ3) is 5.53. The van der Waals surface area contributed by atoms with Gasteiger partial charge in [0.15, 0.2) is 0 Å². The van der Waals surface area contributed by atoms with E-state index in [0.29, 0.717) is 29.8 Å². The molecule has 0 aromatic carbocycles. The molecule has 2 amide bonds. The van der Waals surface area contributed by atoms with E-state index in [0.717, 1.165) is 64.7 Å². The molecule has 2 saturated heterocycles. The summed E-state index contributed by atoms with van der Waals surface area (Å²) in [5.74, 6) is 1.26. The SMILES string of the molecule is O=C(NC1CCCCC1)C1CCN(C2CCN(C(=O)C3CCCCC3)CC2)CC1. The van der Waals surface area contributed by atoms with Crippen molar-refractivity contribution < 1.29 is 9.59 Å². The second-order valence-electron chi connectivity index (χ2n) is 10.0. The molecule has 0 unspecified atom stereocenters. The first-order valence-electron chi connectivity index (χ1n) is 12.5. The van der Waals surface area contributed by atoms with E-state index in [9.17, 15) is 9.59 Å². The first-order chi connectivity index (χ1) is 14.2. The minimum absolute atomic E-state index is 0.209. The Balaban J connectivity index is 1.17. The average Bonchev–Trinajstić information content (AvgIpc) is 2.80. The summed E-state index contributed by atoms with van der Waals surface area (Å²) in [6, 6.07) is 1.04. The standard InChI is InChI=1S/C24H41N3O2/c28-23(25-21-9-5-2-6-10-21)19-11-15-26(16-12-19)22-13-17-27(18-14-22)24(29)20-7-3-1-4-8-20/h19-22H,1-18H2,(H,25,28). The van der Waals surface area contributed by atoms with Crippen LogP contribution in [0.25, 0.3) is 0 Å². The summed E-state index contributed by atoms with van der Waals surface area (Å²) in [7, 11) is 0. The highest BCUT2D eigenvalue weighted by Crippen LogP contribution is 2.29. The van der Waals surface area contributed by atoms with Gasteiger partial charge in [-0.1, -0.05) is 38.5 Å². The fraction of sp³-hybridized carbons (Fsp3) is 0.917.